The molecule has 1 aliphatic heterocycles. The maximum atomic E-state index is 12.6. The minimum Gasteiger partial charge on any atom is -0.331 e. The third-order valence-corrected chi connectivity index (χ3v) is 4.57. The Morgan fingerprint density at radius 2 is 2.08 bits per heavy atom. The molecule has 2 aromatic heterocycles. The Bertz CT molecular complexity index is 972. The first-order valence-corrected chi connectivity index (χ1v) is 8.55. The minimum atomic E-state index is -0.361. The molecule has 1 amide bonds. The van der Waals surface area contributed by atoms with Crippen molar-refractivity contribution in [2.24, 2.45) is 0 Å². The summed E-state index contributed by atoms with van der Waals surface area (Å²) in [6.45, 7) is 3.16. The lowest BCUT2D eigenvalue weighted by atomic mass is 10.1. The van der Waals surface area contributed by atoms with Crippen molar-refractivity contribution in [1.29, 1.82) is 0 Å². The molecule has 134 valence electrons. The fraction of sp³-hybridized carbons (Fsp3) is 0.353. The van der Waals surface area contributed by atoms with Gasteiger partial charge in [-0.1, -0.05) is 30.3 Å². The van der Waals surface area contributed by atoms with Crippen molar-refractivity contribution in [2.75, 3.05) is 6.54 Å². The van der Waals surface area contributed by atoms with Crippen LogP contribution in [0.15, 0.2) is 35.1 Å². The fourth-order valence-electron chi connectivity index (χ4n) is 3.21. The van der Waals surface area contributed by atoms with Crippen LogP contribution in [0.5, 0.6) is 0 Å². The molecule has 3 aromatic rings. The summed E-state index contributed by atoms with van der Waals surface area (Å²) in [6, 6.07) is 9.65. The summed E-state index contributed by atoms with van der Waals surface area (Å²) in [4.78, 5) is 32.7. The van der Waals surface area contributed by atoms with Gasteiger partial charge in [0.2, 0.25) is 5.91 Å². The number of fused-ring (bicyclic) bond motifs is 1. The van der Waals surface area contributed by atoms with Gasteiger partial charge in [0.1, 0.15) is 11.6 Å². The molecule has 26 heavy (non-hydrogen) atoms. The van der Waals surface area contributed by atoms with Crippen LogP contribution in [0.4, 0.5) is 0 Å². The van der Waals surface area contributed by atoms with Gasteiger partial charge in [0, 0.05) is 24.9 Å². The predicted octanol–water partition coefficient (Wildman–Crippen LogP) is 0.892. The Kier molecular flexibility index (Phi) is 4.11. The lowest BCUT2D eigenvalue weighted by Crippen LogP contribution is -2.41. The highest BCUT2D eigenvalue weighted by Gasteiger charge is 2.30. The fourth-order valence-corrected chi connectivity index (χ4v) is 3.21. The van der Waals surface area contributed by atoms with Gasteiger partial charge >= 0.3 is 5.69 Å². The molecular weight excluding hydrogens is 334 g/mol. The van der Waals surface area contributed by atoms with E-state index >= 15 is 0 Å². The molecule has 0 unspecified atom stereocenters. The van der Waals surface area contributed by atoms with Crippen LogP contribution >= 0.6 is 0 Å². The monoisotopic (exact) mass is 353 g/mol. The molecule has 0 radical (unpaired) electrons. The predicted molar refractivity (Wildman–Crippen MR) is 93.1 cm³/mol. The highest BCUT2D eigenvalue weighted by atomic mass is 16.2. The number of H-pyrrole nitrogens is 2. The van der Waals surface area contributed by atoms with Crippen molar-refractivity contribution in [3.05, 3.63) is 52.5 Å². The van der Waals surface area contributed by atoms with Gasteiger partial charge < -0.3 is 4.90 Å². The smallest absolute Gasteiger partial charge is 0.331 e. The van der Waals surface area contributed by atoms with Crippen molar-refractivity contribution in [3.8, 4) is 11.4 Å². The molecule has 3 heterocycles. The Hall–Kier alpha value is -3.23. The summed E-state index contributed by atoms with van der Waals surface area (Å²) in [5, 5.41) is 10.7. The number of rotatable bonds is 4. The third kappa shape index (κ3) is 3.03. The Morgan fingerprint density at radius 3 is 2.81 bits per heavy atom. The molecule has 1 aliphatic rings. The molecule has 9 nitrogen and oxygen atoms in total. The number of aromatic amines is 2. The summed E-state index contributed by atoms with van der Waals surface area (Å²) in [5.41, 5.74) is 0.599. The van der Waals surface area contributed by atoms with Gasteiger partial charge in [-0.05, 0) is 6.92 Å². The molecule has 0 aliphatic carbocycles. The van der Waals surface area contributed by atoms with Crippen molar-refractivity contribution >= 4 is 5.91 Å². The van der Waals surface area contributed by atoms with E-state index in [4.69, 9.17) is 0 Å². The lowest BCUT2D eigenvalue weighted by Gasteiger charge is -2.32. The highest BCUT2D eigenvalue weighted by Crippen LogP contribution is 2.26. The zero-order valence-electron chi connectivity index (χ0n) is 14.3. The first kappa shape index (κ1) is 16.2. The largest absolute Gasteiger partial charge is 0.340 e. The van der Waals surface area contributed by atoms with E-state index in [9.17, 15) is 9.59 Å². The van der Waals surface area contributed by atoms with Gasteiger partial charge in [-0.2, -0.15) is 10.2 Å². The van der Waals surface area contributed by atoms with Gasteiger partial charge in [-0.25, -0.2) is 19.6 Å². The van der Waals surface area contributed by atoms with Crippen molar-refractivity contribution in [3.63, 3.8) is 0 Å². The minimum absolute atomic E-state index is 0.0110. The molecule has 2 N–H and O–H groups in total. The van der Waals surface area contributed by atoms with Crippen LogP contribution in [0, 0.1) is 0 Å². The van der Waals surface area contributed by atoms with Crippen LogP contribution in [0.25, 0.3) is 11.4 Å². The standard InChI is InChI=1S/C17H19N7O2/c1-11-16-19-15(12-5-3-2-4-6-12)22-24(16)10-9-23(11)14(25)8-7-13-18-17(26)21-20-13/h2-6,11H,7-10H2,1H3,(H2,18,20,21,26)/t11-/m0/s1. The molecule has 0 saturated heterocycles. The Morgan fingerprint density at radius 1 is 1.27 bits per heavy atom. The molecular formula is C17H19N7O2. The number of nitrogens with zero attached hydrogens (tertiary/aromatic N) is 5. The molecule has 0 saturated carbocycles. The quantitative estimate of drug-likeness (QED) is 0.723. The summed E-state index contributed by atoms with van der Waals surface area (Å²) >= 11 is 0. The second kappa shape index (κ2) is 6.58. The summed E-state index contributed by atoms with van der Waals surface area (Å²) < 4.78 is 1.88. The van der Waals surface area contributed by atoms with Gasteiger partial charge in [0.25, 0.3) is 0 Å². The molecule has 4 rings (SSSR count). The number of amides is 1. The normalized spacial score (nSPS) is 16.5. The molecule has 0 spiro atoms. The maximum Gasteiger partial charge on any atom is 0.340 e. The summed E-state index contributed by atoms with van der Waals surface area (Å²) in [5.74, 6) is 1.96. The number of aryl methyl sites for hydroxylation is 1. The molecule has 0 fully saturated rings. The van der Waals surface area contributed by atoms with Crippen molar-refractivity contribution < 1.29 is 4.79 Å². The van der Waals surface area contributed by atoms with E-state index in [-0.39, 0.29) is 24.1 Å². The number of hydrogen-bond donors (Lipinski definition) is 2. The van der Waals surface area contributed by atoms with Crippen LogP contribution in [0.2, 0.25) is 0 Å². The highest BCUT2D eigenvalue weighted by molar-refractivity contribution is 5.77. The summed E-state index contributed by atoms with van der Waals surface area (Å²) in [6.07, 6.45) is 0.674. The number of carbonyl (C=O) groups excluding carboxylic acids is 1. The average molecular weight is 353 g/mol. The third-order valence-electron chi connectivity index (χ3n) is 4.57. The average Bonchev–Trinajstić information content (AvgIpc) is 3.27. The number of carbonyl (C=O) groups is 1. The second-order valence-corrected chi connectivity index (χ2v) is 6.27. The van der Waals surface area contributed by atoms with E-state index in [0.717, 1.165) is 11.4 Å². The van der Waals surface area contributed by atoms with E-state index in [2.05, 4.69) is 25.3 Å². The first-order chi connectivity index (χ1) is 12.6. The zero-order chi connectivity index (χ0) is 18.1. The van der Waals surface area contributed by atoms with E-state index in [1.807, 2.05) is 46.8 Å². The van der Waals surface area contributed by atoms with Crippen molar-refractivity contribution in [2.45, 2.75) is 32.4 Å². The topological polar surface area (TPSA) is 113 Å². The molecule has 1 aromatic carbocycles. The van der Waals surface area contributed by atoms with E-state index in [1.54, 1.807) is 0 Å². The Labute approximate surface area is 149 Å². The molecule has 0 bridgehead atoms. The summed E-state index contributed by atoms with van der Waals surface area (Å²) in [7, 11) is 0. The van der Waals surface area contributed by atoms with Crippen LogP contribution in [-0.2, 0) is 17.8 Å². The number of hydrogen-bond acceptors (Lipinski definition) is 5. The van der Waals surface area contributed by atoms with E-state index in [0.29, 0.717) is 31.2 Å². The molecule has 1 atom stereocenters. The first-order valence-electron chi connectivity index (χ1n) is 8.55. The van der Waals surface area contributed by atoms with Crippen LogP contribution in [0.3, 0.4) is 0 Å². The Balaban J connectivity index is 1.48. The van der Waals surface area contributed by atoms with E-state index < -0.39 is 0 Å². The van der Waals surface area contributed by atoms with Gasteiger partial charge in [0.15, 0.2) is 5.82 Å². The van der Waals surface area contributed by atoms with Gasteiger partial charge in [-0.3, -0.25) is 9.78 Å². The number of benzene rings is 1. The second-order valence-electron chi connectivity index (χ2n) is 6.27. The van der Waals surface area contributed by atoms with Gasteiger partial charge in [-0.15, -0.1) is 0 Å². The zero-order valence-corrected chi connectivity index (χ0v) is 14.3. The number of aromatic nitrogens is 6. The lowest BCUT2D eigenvalue weighted by molar-refractivity contribution is -0.134. The van der Waals surface area contributed by atoms with Gasteiger partial charge in [0.05, 0.1) is 12.6 Å². The number of nitrogens with one attached hydrogen (secondary N) is 2. The molecule has 9 heteroatoms. The van der Waals surface area contributed by atoms with Crippen LogP contribution in [-0.4, -0.2) is 47.3 Å². The van der Waals surface area contributed by atoms with Crippen molar-refractivity contribution in [1.82, 2.24) is 34.8 Å². The SMILES string of the molecule is C[C@H]1c2nc(-c3ccccc3)nn2CCN1C(=O)CCc1n[nH]c(=O)[nH]1. The van der Waals surface area contributed by atoms with Crippen LogP contribution < -0.4 is 5.69 Å². The maximum absolute atomic E-state index is 12.6. The van der Waals surface area contributed by atoms with E-state index in [1.165, 1.54) is 0 Å². The van der Waals surface area contributed by atoms with Crippen LogP contribution in [0.1, 0.15) is 31.0 Å².